The van der Waals surface area contributed by atoms with E-state index in [1.54, 1.807) is 0 Å². The normalized spacial score (nSPS) is 18.2. The summed E-state index contributed by atoms with van der Waals surface area (Å²) < 4.78 is 4.88. The van der Waals surface area contributed by atoms with E-state index < -0.39 is 0 Å². The molecule has 2 aromatic heterocycles. The van der Waals surface area contributed by atoms with Crippen LogP contribution in [0, 0.1) is 5.92 Å². The predicted molar refractivity (Wildman–Crippen MR) is 183 cm³/mol. The Morgan fingerprint density at radius 3 is 2.28 bits per heavy atom. The molecule has 0 bridgehead atoms. The Bertz CT molecular complexity index is 2100. The second kappa shape index (κ2) is 9.14. The van der Waals surface area contributed by atoms with Crippen LogP contribution in [0.25, 0.3) is 54.7 Å². The van der Waals surface area contributed by atoms with Gasteiger partial charge in [0.2, 0.25) is 0 Å². The summed E-state index contributed by atoms with van der Waals surface area (Å²) in [6.45, 7) is 21.4. The molecule has 43 heavy (non-hydrogen) atoms. The summed E-state index contributed by atoms with van der Waals surface area (Å²) in [6, 6.07) is 23.2. The zero-order valence-corrected chi connectivity index (χ0v) is 27.7. The Morgan fingerprint density at radius 1 is 0.884 bits per heavy atom. The second-order valence-corrected chi connectivity index (χ2v) is 15.2. The van der Waals surface area contributed by atoms with Gasteiger partial charge in [-0.3, -0.25) is 0 Å². The molecule has 0 amide bonds. The first-order valence-corrected chi connectivity index (χ1v) is 16.1. The van der Waals surface area contributed by atoms with Crippen molar-refractivity contribution < 1.29 is 4.57 Å². The molecule has 3 nitrogen and oxygen atoms in total. The summed E-state index contributed by atoms with van der Waals surface area (Å²) in [7, 11) is 2.21. The number of aromatic nitrogens is 3. The standard InChI is InChI=1S/C40H46N3/c1-11-40(9)34-28-18-13-12-17-27(28)31(38(4,5)6)22-30(34)36-33-29-20-19-25-15-14-16-26(21-24(2)3)32(25)35(29)42(10)37(33)41-23-43(36)39(40,7)8/h12-20,22-24H,11,21H2,1-10H3/q+1. The first-order chi connectivity index (χ1) is 20.3. The molecule has 1 aliphatic rings. The van der Waals surface area contributed by atoms with Crippen LogP contribution >= 0.6 is 0 Å². The molecule has 0 N–H and O–H groups in total. The van der Waals surface area contributed by atoms with E-state index in [-0.39, 0.29) is 16.4 Å². The Labute approximate surface area is 256 Å². The predicted octanol–water partition coefficient (Wildman–Crippen LogP) is 9.90. The van der Waals surface area contributed by atoms with Gasteiger partial charge >= 0.3 is 0 Å². The monoisotopic (exact) mass is 568 g/mol. The van der Waals surface area contributed by atoms with Crippen molar-refractivity contribution in [2.24, 2.45) is 13.0 Å². The molecule has 3 heterocycles. The summed E-state index contributed by atoms with van der Waals surface area (Å²) in [5.74, 6) is 0.584. The van der Waals surface area contributed by atoms with Gasteiger partial charge in [-0.25, -0.2) is 4.57 Å². The minimum absolute atomic E-state index is 0.00188. The van der Waals surface area contributed by atoms with Gasteiger partial charge in [0.05, 0.1) is 5.52 Å². The lowest BCUT2D eigenvalue weighted by atomic mass is 9.60. The summed E-state index contributed by atoms with van der Waals surface area (Å²) >= 11 is 0. The highest BCUT2D eigenvalue weighted by Crippen LogP contribution is 2.54. The van der Waals surface area contributed by atoms with Gasteiger partial charge in [0, 0.05) is 28.8 Å². The molecule has 0 aliphatic carbocycles. The topological polar surface area (TPSA) is 21.7 Å². The molecule has 1 unspecified atom stereocenters. The average Bonchev–Trinajstić information content (AvgIpc) is 3.26. The van der Waals surface area contributed by atoms with Crippen LogP contribution in [0.5, 0.6) is 0 Å². The molecule has 7 rings (SSSR count). The van der Waals surface area contributed by atoms with E-state index in [1.165, 1.54) is 65.8 Å². The van der Waals surface area contributed by atoms with E-state index in [0.717, 1.165) is 18.5 Å². The van der Waals surface area contributed by atoms with Crippen LogP contribution in [0.15, 0.2) is 67.0 Å². The molecular formula is C40H46N3+. The maximum atomic E-state index is 5.26. The fraction of sp³-hybridized carbons (Fsp3) is 0.400. The first kappa shape index (κ1) is 28.1. The summed E-state index contributed by atoms with van der Waals surface area (Å²) in [6.07, 6.45) is 4.23. The maximum absolute atomic E-state index is 5.26. The van der Waals surface area contributed by atoms with Crippen LogP contribution in [0.4, 0.5) is 0 Å². The fourth-order valence-electron chi connectivity index (χ4n) is 8.31. The van der Waals surface area contributed by atoms with Gasteiger partial charge in [-0.2, -0.15) is 0 Å². The molecular weight excluding hydrogens is 522 g/mol. The van der Waals surface area contributed by atoms with Crippen molar-refractivity contribution in [3.63, 3.8) is 0 Å². The Kier molecular flexibility index (Phi) is 5.97. The summed E-state index contributed by atoms with van der Waals surface area (Å²) in [5.41, 5.74) is 9.04. The third-order valence-corrected chi connectivity index (χ3v) is 11.0. The first-order valence-electron chi connectivity index (χ1n) is 16.1. The maximum Gasteiger partial charge on any atom is 0.289 e. The quantitative estimate of drug-likeness (QED) is 0.195. The molecule has 0 fully saturated rings. The number of hydrogen-bond donors (Lipinski definition) is 0. The highest BCUT2D eigenvalue weighted by atomic mass is 15.1. The number of aryl methyl sites for hydroxylation is 1. The van der Waals surface area contributed by atoms with Crippen molar-refractivity contribution in [2.75, 3.05) is 0 Å². The van der Waals surface area contributed by atoms with Gasteiger partial charge in [-0.15, -0.1) is 0 Å². The van der Waals surface area contributed by atoms with Crippen molar-refractivity contribution in [1.82, 2.24) is 9.55 Å². The number of fused-ring (bicyclic) bond motifs is 11. The zero-order valence-electron chi connectivity index (χ0n) is 27.7. The molecule has 0 saturated heterocycles. The van der Waals surface area contributed by atoms with E-state index in [2.05, 4.69) is 145 Å². The third-order valence-electron chi connectivity index (χ3n) is 11.0. The van der Waals surface area contributed by atoms with E-state index in [4.69, 9.17) is 4.98 Å². The minimum Gasteiger partial charge on any atom is -0.307 e. The van der Waals surface area contributed by atoms with E-state index >= 15 is 0 Å². The van der Waals surface area contributed by atoms with Crippen LogP contribution in [-0.4, -0.2) is 9.55 Å². The second-order valence-electron chi connectivity index (χ2n) is 15.2. The Hall–Kier alpha value is -3.72. The third kappa shape index (κ3) is 3.66. The van der Waals surface area contributed by atoms with Crippen LogP contribution in [0.2, 0.25) is 0 Å². The number of rotatable bonds is 3. The van der Waals surface area contributed by atoms with Gasteiger partial charge in [0.15, 0.2) is 0 Å². The zero-order chi connectivity index (χ0) is 30.6. The average molecular weight is 569 g/mol. The molecule has 0 radical (unpaired) electrons. The Morgan fingerprint density at radius 2 is 1.60 bits per heavy atom. The van der Waals surface area contributed by atoms with Crippen LogP contribution in [0.3, 0.4) is 0 Å². The van der Waals surface area contributed by atoms with E-state index in [1.807, 2.05) is 0 Å². The van der Waals surface area contributed by atoms with Gasteiger partial charge in [-0.1, -0.05) is 103 Å². The Balaban J connectivity index is 1.73. The highest BCUT2D eigenvalue weighted by Gasteiger charge is 2.53. The lowest BCUT2D eigenvalue weighted by Gasteiger charge is -2.48. The molecule has 0 spiro atoms. The van der Waals surface area contributed by atoms with Gasteiger partial charge in [0.25, 0.3) is 12.0 Å². The summed E-state index contributed by atoms with van der Waals surface area (Å²) in [5, 5.41) is 8.01. The highest BCUT2D eigenvalue weighted by molar-refractivity contribution is 6.21. The van der Waals surface area contributed by atoms with E-state index in [0.29, 0.717) is 5.92 Å². The molecule has 1 aliphatic heterocycles. The van der Waals surface area contributed by atoms with Gasteiger partial charge in [0.1, 0.15) is 16.6 Å². The smallest absolute Gasteiger partial charge is 0.289 e. The molecule has 4 aromatic carbocycles. The van der Waals surface area contributed by atoms with Crippen molar-refractivity contribution >= 4 is 43.5 Å². The molecule has 0 saturated carbocycles. The minimum atomic E-state index is -0.195. The lowest BCUT2D eigenvalue weighted by Crippen LogP contribution is -2.66. The van der Waals surface area contributed by atoms with Crippen molar-refractivity contribution in [3.05, 3.63) is 83.7 Å². The SMILES string of the molecule is CCC1(C)c2c(cc(C(C)(C)C)c3ccccc23)-c2c3c4ccc5cccc(CC(C)C)c5c4n(C)c3nc[n+]2C1(C)C. The van der Waals surface area contributed by atoms with Crippen LogP contribution in [-0.2, 0) is 29.8 Å². The summed E-state index contributed by atoms with van der Waals surface area (Å²) in [4.78, 5) is 5.26. The fourth-order valence-corrected chi connectivity index (χ4v) is 8.31. The van der Waals surface area contributed by atoms with Gasteiger partial charge in [-0.05, 0) is 81.9 Å². The van der Waals surface area contributed by atoms with Crippen LogP contribution in [0.1, 0.15) is 85.4 Å². The number of benzene rings is 4. The van der Waals surface area contributed by atoms with Crippen molar-refractivity contribution in [2.45, 2.75) is 91.5 Å². The molecule has 6 aromatic rings. The van der Waals surface area contributed by atoms with Crippen molar-refractivity contribution in [3.8, 4) is 11.3 Å². The number of nitrogens with zero attached hydrogens (tertiary/aromatic N) is 3. The van der Waals surface area contributed by atoms with E-state index in [9.17, 15) is 0 Å². The largest absolute Gasteiger partial charge is 0.307 e. The lowest BCUT2D eigenvalue weighted by molar-refractivity contribution is -0.762. The molecule has 220 valence electrons. The van der Waals surface area contributed by atoms with Gasteiger partial charge < -0.3 is 4.57 Å². The number of hydrogen-bond acceptors (Lipinski definition) is 1. The molecule has 1 atom stereocenters. The molecule has 3 heteroatoms. The van der Waals surface area contributed by atoms with Crippen LogP contribution < -0.4 is 4.57 Å². The van der Waals surface area contributed by atoms with Crippen molar-refractivity contribution in [1.29, 1.82) is 0 Å².